The molecule has 0 bridgehead atoms. The first-order valence-corrected chi connectivity index (χ1v) is 9.04. The molecule has 0 radical (unpaired) electrons. The number of fused-ring (bicyclic) bond motifs is 2. The van der Waals surface area contributed by atoms with E-state index in [2.05, 4.69) is 5.32 Å². The molecule has 2 unspecified atom stereocenters. The van der Waals surface area contributed by atoms with Gasteiger partial charge in [-0.1, -0.05) is 23.7 Å². The molecule has 2 aliphatic rings. The fraction of sp³-hybridized carbons (Fsp3) is 0.250. The van der Waals surface area contributed by atoms with E-state index >= 15 is 0 Å². The van der Waals surface area contributed by atoms with Crippen molar-refractivity contribution < 1.29 is 19.1 Å². The largest absolute Gasteiger partial charge is 0.493 e. The standard InChI is InChI=1S/C20H17ClN2O4/c1-11(23-19(25)13-4-2-3-5-14(13)20(23)26)18(24)22-16-8-9-27-17-7-6-12(21)10-15(16)17/h2-7,10-11,16H,8-9H2,1H3,(H,22,24). The van der Waals surface area contributed by atoms with E-state index in [-0.39, 0.29) is 6.04 Å². The minimum absolute atomic E-state index is 0.294. The van der Waals surface area contributed by atoms with Gasteiger partial charge in [-0.3, -0.25) is 19.3 Å². The van der Waals surface area contributed by atoms with Crippen LogP contribution < -0.4 is 10.1 Å². The average Bonchev–Trinajstić information content (AvgIpc) is 2.92. The van der Waals surface area contributed by atoms with Crippen LogP contribution in [0.25, 0.3) is 0 Å². The number of nitrogens with zero attached hydrogens (tertiary/aromatic N) is 1. The summed E-state index contributed by atoms with van der Waals surface area (Å²) in [7, 11) is 0. The molecule has 6 nitrogen and oxygen atoms in total. The van der Waals surface area contributed by atoms with Gasteiger partial charge in [0.15, 0.2) is 0 Å². The van der Waals surface area contributed by atoms with Gasteiger partial charge in [0.05, 0.1) is 23.8 Å². The van der Waals surface area contributed by atoms with Crippen molar-refractivity contribution >= 4 is 29.3 Å². The highest BCUT2D eigenvalue weighted by Crippen LogP contribution is 2.34. The molecule has 2 aromatic rings. The zero-order chi connectivity index (χ0) is 19.1. The highest BCUT2D eigenvalue weighted by molar-refractivity contribution is 6.30. The maximum atomic E-state index is 12.8. The van der Waals surface area contributed by atoms with Crippen molar-refractivity contribution in [3.63, 3.8) is 0 Å². The second-order valence-electron chi connectivity index (χ2n) is 6.58. The monoisotopic (exact) mass is 384 g/mol. The van der Waals surface area contributed by atoms with E-state index in [4.69, 9.17) is 16.3 Å². The van der Waals surface area contributed by atoms with E-state index < -0.39 is 23.8 Å². The summed E-state index contributed by atoms with van der Waals surface area (Å²) in [6.45, 7) is 2.01. The van der Waals surface area contributed by atoms with Crippen molar-refractivity contribution in [3.8, 4) is 5.75 Å². The third kappa shape index (κ3) is 2.96. The lowest BCUT2D eigenvalue weighted by atomic mass is 10.00. The predicted octanol–water partition coefficient (Wildman–Crippen LogP) is 2.96. The van der Waals surface area contributed by atoms with E-state index in [1.54, 1.807) is 49.4 Å². The summed E-state index contributed by atoms with van der Waals surface area (Å²) < 4.78 is 5.60. The van der Waals surface area contributed by atoms with Crippen LogP contribution in [0, 0.1) is 0 Å². The Balaban J connectivity index is 1.54. The van der Waals surface area contributed by atoms with Crippen LogP contribution in [0.2, 0.25) is 5.02 Å². The Hall–Kier alpha value is -2.86. The number of imide groups is 1. The summed E-state index contributed by atoms with van der Waals surface area (Å²) in [5.74, 6) is -0.631. The third-order valence-corrected chi connectivity index (χ3v) is 5.16. The van der Waals surface area contributed by atoms with Crippen LogP contribution in [0.5, 0.6) is 5.75 Å². The molecule has 2 atom stereocenters. The van der Waals surface area contributed by atoms with E-state index in [9.17, 15) is 14.4 Å². The number of carbonyl (C=O) groups excluding carboxylic acids is 3. The molecule has 0 saturated heterocycles. The van der Waals surface area contributed by atoms with Gasteiger partial charge < -0.3 is 10.1 Å². The van der Waals surface area contributed by atoms with Crippen LogP contribution in [-0.2, 0) is 4.79 Å². The van der Waals surface area contributed by atoms with Crippen LogP contribution in [0.1, 0.15) is 45.7 Å². The maximum Gasteiger partial charge on any atom is 0.262 e. The number of nitrogens with one attached hydrogen (secondary N) is 1. The molecule has 0 aromatic heterocycles. The Morgan fingerprint density at radius 1 is 1.19 bits per heavy atom. The molecular weight excluding hydrogens is 368 g/mol. The molecule has 27 heavy (non-hydrogen) atoms. The summed E-state index contributed by atoms with van der Waals surface area (Å²) in [6.07, 6.45) is 0.577. The lowest BCUT2D eigenvalue weighted by Gasteiger charge is -2.29. The topological polar surface area (TPSA) is 75.7 Å². The van der Waals surface area contributed by atoms with Gasteiger partial charge in [-0.15, -0.1) is 0 Å². The summed E-state index contributed by atoms with van der Waals surface area (Å²) in [5.41, 5.74) is 1.44. The van der Waals surface area contributed by atoms with Crippen molar-refractivity contribution in [2.75, 3.05) is 6.61 Å². The Kier molecular flexibility index (Phi) is 4.36. The van der Waals surface area contributed by atoms with Gasteiger partial charge in [-0.2, -0.15) is 0 Å². The van der Waals surface area contributed by atoms with Crippen LogP contribution in [0.4, 0.5) is 0 Å². The number of hydrogen-bond acceptors (Lipinski definition) is 4. The lowest BCUT2D eigenvalue weighted by Crippen LogP contribution is -2.49. The minimum Gasteiger partial charge on any atom is -0.493 e. The molecule has 2 heterocycles. The molecule has 2 aromatic carbocycles. The molecule has 7 heteroatoms. The third-order valence-electron chi connectivity index (χ3n) is 4.92. The van der Waals surface area contributed by atoms with Crippen LogP contribution in [0.3, 0.4) is 0 Å². The number of ether oxygens (including phenoxy) is 1. The summed E-state index contributed by atoms with van der Waals surface area (Å²) >= 11 is 6.07. The molecule has 0 fully saturated rings. The first kappa shape index (κ1) is 17.5. The van der Waals surface area contributed by atoms with E-state index in [1.807, 2.05) is 0 Å². The van der Waals surface area contributed by atoms with Crippen molar-refractivity contribution in [3.05, 3.63) is 64.2 Å². The number of amides is 3. The van der Waals surface area contributed by atoms with Gasteiger partial charge in [-0.25, -0.2) is 0 Å². The number of halogens is 1. The number of hydrogen-bond donors (Lipinski definition) is 1. The fourth-order valence-electron chi connectivity index (χ4n) is 3.48. The maximum absolute atomic E-state index is 12.8. The van der Waals surface area contributed by atoms with Gasteiger partial charge in [0.25, 0.3) is 11.8 Å². The van der Waals surface area contributed by atoms with Crippen molar-refractivity contribution in [1.29, 1.82) is 0 Å². The second-order valence-corrected chi connectivity index (χ2v) is 7.02. The first-order valence-electron chi connectivity index (χ1n) is 8.67. The zero-order valence-corrected chi connectivity index (χ0v) is 15.3. The van der Waals surface area contributed by atoms with Crippen molar-refractivity contribution in [1.82, 2.24) is 10.2 Å². The number of carbonyl (C=O) groups is 3. The summed E-state index contributed by atoms with van der Waals surface area (Å²) in [5, 5.41) is 3.47. The Morgan fingerprint density at radius 2 is 1.85 bits per heavy atom. The van der Waals surface area contributed by atoms with Crippen LogP contribution in [0.15, 0.2) is 42.5 Å². The molecule has 0 aliphatic carbocycles. The van der Waals surface area contributed by atoms with E-state index in [0.717, 1.165) is 10.5 Å². The van der Waals surface area contributed by atoms with E-state index in [1.165, 1.54) is 0 Å². The van der Waals surface area contributed by atoms with Crippen LogP contribution in [-0.4, -0.2) is 35.3 Å². The van der Waals surface area contributed by atoms with Crippen molar-refractivity contribution in [2.45, 2.75) is 25.4 Å². The van der Waals surface area contributed by atoms with Gasteiger partial charge in [0.2, 0.25) is 5.91 Å². The quantitative estimate of drug-likeness (QED) is 0.825. The summed E-state index contributed by atoms with van der Waals surface area (Å²) in [4.78, 5) is 39.0. The zero-order valence-electron chi connectivity index (χ0n) is 14.6. The van der Waals surface area contributed by atoms with E-state index in [0.29, 0.717) is 34.9 Å². The normalized spacial score (nSPS) is 19.2. The highest BCUT2D eigenvalue weighted by atomic mass is 35.5. The molecule has 3 amide bonds. The van der Waals surface area contributed by atoms with Gasteiger partial charge >= 0.3 is 0 Å². The molecule has 2 aliphatic heterocycles. The molecule has 0 spiro atoms. The average molecular weight is 385 g/mol. The predicted molar refractivity (Wildman–Crippen MR) is 98.9 cm³/mol. The summed E-state index contributed by atoms with van der Waals surface area (Å²) in [6, 6.07) is 10.6. The molecule has 138 valence electrons. The Bertz CT molecular complexity index is 924. The van der Waals surface area contributed by atoms with Crippen molar-refractivity contribution in [2.24, 2.45) is 0 Å². The molecule has 0 saturated carbocycles. The van der Waals surface area contributed by atoms with Crippen LogP contribution >= 0.6 is 11.6 Å². The SMILES string of the molecule is CC(C(=O)NC1CCOc2ccc(Cl)cc21)N1C(=O)c2ccccc2C1=O. The first-order chi connectivity index (χ1) is 13.0. The smallest absolute Gasteiger partial charge is 0.262 e. The molecule has 1 N–H and O–H groups in total. The molecular formula is C20H17ClN2O4. The highest BCUT2D eigenvalue weighted by Gasteiger charge is 2.41. The Labute approximate surface area is 161 Å². The molecule has 4 rings (SSSR count). The second kappa shape index (κ2) is 6.70. The van der Waals surface area contributed by atoms with Gasteiger partial charge in [-0.05, 0) is 37.3 Å². The number of benzene rings is 2. The lowest BCUT2D eigenvalue weighted by molar-refractivity contribution is -0.125. The minimum atomic E-state index is -0.928. The van der Waals surface area contributed by atoms with Gasteiger partial charge in [0.1, 0.15) is 11.8 Å². The number of rotatable bonds is 3. The van der Waals surface area contributed by atoms with Gasteiger partial charge in [0, 0.05) is 17.0 Å². The fourth-order valence-corrected chi connectivity index (χ4v) is 3.66. The Morgan fingerprint density at radius 3 is 2.52 bits per heavy atom.